The molecule has 24 heavy (non-hydrogen) atoms. The summed E-state index contributed by atoms with van der Waals surface area (Å²) in [5, 5.41) is 11.4. The second-order valence-electron chi connectivity index (χ2n) is 5.02. The predicted octanol–water partition coefficient (Wildman–Crippen LogP) is 3.03. The third kappa shape index (κ3) is 2.91. The lowest BCUT2D eigenvalue weighted by atomic mass is 10.1. The summed E-state index contributed by atoms with van der Waals surface area (Å²) in [5.41, 5.74) is 5.35. The van der Waals surface area contributed by atoms with Crippen molar-refractivity contribution in [2.24, 2.45) is 5.73 Å². The van der Waals surface area contributed by atoms with Gasteiger partial charge in [0, 0.05) is 17.0 Å². The van der Waals surface area contributed by atoms with Crippen LogP contribution in [-0.2, 0) is 9.84 Å². The number of sulfone groups is 1. The monoisotopic (exact) mass is 360 g/mol. The Balaban J connectivity index is 2.23. The SMILES string of the molecule is N=C(N)Nc1ncc(Cl)c2ccc(S(=O)(=O)c3ccccc3)cc12. The van der Waals surface area contributed by atoms with Crippen LogP contribution in [0.1, 0.15) is 0 Å². The average molecular weight is 361 g/mol. The topological polar surface area (TPSA) is 109 Å². The fraction of sp³-hybridized carbons (Fsp3) is 0. The van der Waals surface area contributed by atoms with Crippen molar-refractivity contribution in [1.29, 1.82) is 5.41 Å². The minimum atomic E-state index is -3.67. The predicted molar refractivity (Wildman–Crippen MR) is 94.2 cm³/mol. The zero-order valence-electron chi connectivity index (χ0n) is 12.3. The third-order valence-corrected chi connectivity index (χ3v) is 5.50. The molecule has 0 amide bonds. The van der Waals surface area contributed by atoms with Crippen LogP contribution in [0.2, 0.25) is 5.02 Å². The van der Waals surface area contributed by atoms with Crippen LogP contribution in [-0.4, -0.2) is 19.4 Å². The first-order valence-electron chi connectivity index (χ1n) is 6.89. The molecule has 0 aliphatic heterocycles. The molecule has 0 bridgehead atoms. The third-order valence-electron chi connectivity index (χ3n) is 3.43. The first-order chi connectivity index (χ1) is 11.4. The van der Waals surface area contributed by atoms with Gasteiger partial charge in [-0.25, -0.2) is 13.4 Å². The molecule has 0 saturated heterocycles. The molecule has 122 valence electrons. The first kappa shape index (κ1) is 16.2. The van der Waals surface area contributed by atoms with Crippen LogP contribution >= 0.6 is 11.6 Å². The number of nitrogens with zero attached hydrogens (tertiary/aromatic N) is 1. The summed E-state index contributed by atoms with van der Waals surface area (Å²) in [6.45, 7) is 0. The minimum absolute atomic E-state index is 0.108. The molecule has 0 unspecified atom stereocenters. The number of halogens is 1. The van der Waals surface area contributed by atoms with Gasteiger partial charge in [0.1, 0.15) is 5.82 Å². The van der Waals surface area contributed by atoms with Gasteiger partial charge >= 0.3 is 0 Å². The lowest BCUT2D eigenvalue weighted by Gasteiger charge is -2.11. The molecule has 0 fully saturated rings. The Morgan fingerprint density at radius 3 is 2.46 bits per heavy atom. The van der Waals surface area contributed by atoms with Crippen LogP contribution in [0.15, 0.2) is 64.5 Å². The highest BCUT2D eigenvalue weighted by Crippen LogP contribution is 2.31. The van der Waals surface area contributed by atoms with Gasteiger partial charge in [0.25, 0.3) is 0 Å². The molecule has 1 aromatic heterocycles. The fourth-order valence-electron chi connectivity index (χ4n) is 2.32. The van der Waals surface area contributed by atoms with Gasteiger partial charge in [0.2, 0.25) is 9.84 Å². The van der Waals surface area contributed by atoms with Crippen molar-refractivity contribution >= 4 is 44.0 Å². The second kappa shape index (κ2) is 6.10. The van der Waals surface area contributed by atoms with E-state index in [2.05, 4.69) is 10.3 Å². The molecule has 3 rings (SSSR count). The largest absolute Gasteiger partial charge is 0.370 e. The zero-order chi connectivity index (χ0) is 17.3. The maximum absolute atomic E-state index is 12.8. The molecule has 0 aliphatic rings. The summed E-state index contributed by atoms with van der Waals surface area (Å²) < 4.78 is 25.5. The second-order valence-corrected chi connectivity index (χ2v) is 7.37. The molecule has 2 aromatic carbocycles. The number of pyridine rings is 1. The molecule has 0 radical (unpaired) electrons. The molecule has 4 N–H and O–H groups in total. The Morgan fingerprint density at radius 1 is 1.08 bits per heavy atom. The van der Waals surface area contributed by atoms with Gasteiger partial charge in [0.05, 0.1) is 14.8 Å². The van der Waals surface area contributed by atoms with Crippen molar-refractivity contribution < 1.29 is 8.42 Å². The Kier molecular flexibility index (Phi) is 4.13. The molecule has 0 atom stereocenters. The smallest absolute Gasteiger partial charge is 0.206 e. The summed E-state index contributed by atoms with van der Waals surface area (Å²) >= 11 is 6.12. The number of benzene rings is 2. The molecule has 0 spiro atoms. The average Bonchev–Trinajstić information content (AvgIpc) is 2.57. The highest BCUT2D eigenvalue weighted by atomic mass is 35.5. The number of nitrogens with two attached hydrogens (primary N) is 1. The summed E-state index contributed by atoms with van der Waals surface area (Å²) in [6.07, 6.45) is 1.42. The van der Waals surface area contributed by atoms with E-state index in [0.29, 0.717) is 15.8 Å². The number of nitrogens with one attached hydrogen (secondary N) is 2. The fourth-order valence-corrected chi connectivity index (χ4v) is 3.84. The quantitative estimate of drug-likeness (QED) is 0.491. The summed E-state index contributed by atoms with van der Waals surface area (Å²) in [5.74, 6) is -0.0329. The lowest BCUT2D eigenvalue weighted by molar-refractivity contribution is 0.596. The van der Waals surface area contributed by atoms with Gasteiger partial charge in [-0.1, -0.05) is 35.9 Å². The van der Waals surface area contributed by atoms with Crippen molar-refractivity contribution in [3.8, 4) is 0 Å². The van der Waals surface area contributed by atoms with E-state index in [1.54, 1.807) is 24.3 Å². The normalized spacial score (nSPS) is 11.4. The van der Waals surface area contributed by atoms with Gasteiger partial charge < -0.3 is 11.1 Å². The van der Waals surface area contributed by atoms with Gasteiger partial charge in [-0.05, 0) is 24.3 Å². The molecule has 6 nitrogen and oxygen atoms in total. The van der Waals surface area contributed by atoms with Crippen molar-refractivity contribution in [2.45, 2.75) is 9.79 Å². The van der Waals surface area contributed by atoms with Crippen LogP contribution in [0.25, 0.3) is 10.8 Å². The zero-order valence-corrected chi connectivity index (χ0v) is 13.9. The van der Waals surface area contributed by atoms with E-state index < -0.39 is 9.84 Å². The molecule has 0 saturated carbocycles. The van der Waals surface area contributed by atoms with Crippen LogP contribution in [0.4, 0.5) is 5.82 Å². The van der Waals surface area contributed by atoms with Gasteiger partial charge in [-0.3, -0.25) is 5.41 Å². The van der Waals surface area contributed by atoms with E-state index in [1.807, 2.05) is 0 Å². The van der Waals surface area contributed by atoms with E-state index >= 15 is 0 Å². The summed E-state index contributed by atoms with van der Waals surface area (Å²) in [6, 6.07) is 12.7. The number of guanidine groups is 1. The summed E-state index contributed by atoms with van der Waals surface area (Å²) in [7, 11) is -3.67. The molecule has 0 aliphatic carbocycles. The van der Waals surface area contributed by atoms with Crippen LogP contribution < -0.4 is 11.1 Å². The van der Waals surface area contributed by atoms with Gasteiger partial charge in [-0.15, -0.1) is 0 Å². The summed E-state index contributed by atoms with van der Waals surface area (Å²) in [4.78, 5) is 4.39. The number of hydrogen-bond donors (Lipinski definition) is 3. The highest BCUT2D eigenvalue weighted by Gasteiger charge is 2.19. The van der Waals surface area contributed by atoms with Gasteiger partial charge in [-0.2, -0.15) is 0 Å². The minimum Gasteiger partial charge on any atom is -0.370 e. The standard InChI is InChI=1S/C16H13ClN4O2S/c17-14-9-20-15(21-16(18)19)13-8-11(6-7-12(13)14)24(22,23)10-4-2-1-3-5-10/h1-9H,(H4,18,19,20,21). The maximum atomic E-state index is 12.8. The van der Waals surface area contributed by atoms with Crippen LogP contribution in [0.3, 0.4) is 0 Å². The van der Waals surface area contributed by atoms with E-state index in [-0.39, 0.29) is 21.6 Å². The number of hydrogen-bond acceptors (Lipinski definition) is 4. The molecule has 8 heteroatoms. The molecular weight excluding hydrogens is 348 g/mol. The number of anilines is 1. The van der Waals surface area contributed by atoms with Crippen molar-refractivity contribution in [2.75, 3.05) is 5.32 Å². The number of aromatic nitrogens is 1. The van der Waals surface area contributed by atoms with Crippen molar-refractivity contribution in [3.63, 3.8) is 0 Å². The van der Waals surface area contributed by atoms with E-state index in [4.69, 9.17) is 22.7 Å². The van der Waals surface area contributed by atoms with Gasteiger partial charge in [0.15, 0.2) is 5.96 Å². The Labute approximate surface area is 143 Å². The first-order valence-corrected chi connectivity index (χ1v) is 8.75. The number of fused-ring (bicyclic) bond motifs is 1. The van der Waals surface area contributed by atoms with E-state index in [0.717, 1.165) is 0 Å². The van der Waals surface area contributed by atoms with Crippen molar-refractivity contribution in [3.05, 3.63) is 59.8 Å². The van der Waals surface area contributed by atoms with Crippen LogP contribution in [0, 0.1) is 5.41 Å². The maximum Gasteiger partial charge on any atom is 0.206 e. The van der Waals surface area contributed by atoms with Crippen LogP contribution in [0.5, 0.6) is 0 Å². The van der Waals surface area contributed by atoms with E-state index in [9.17, 15) is 8.42 Å². The lowest BCUT2D eigenvalue weighted by Crippen LogP contribution is -2.21. The highest BCUT2D eigenvalue weighted by molar-refractivity contribution is 7.91. The molecule has 1 heterocycles. The van der Waals surface area contributed by atoms with Crippen molar-refractivity contribution in [1.82, 2.24) is 4.98 Å². The molecular formula is C16H13ClN4O2S. The Morgan fingerprint density at radius 2 is 1.79 bits per heavy atom. The Hall–Kier alpha value is -2.64. The van der Waals surface area contributed by atoms with E-state index in [1.165, 1.54) is 30.5 Å². The molecule has 3 aromatic rings. The Bertz CT molecular complexity index is 1040. The number of rotatable bonds is 3.